The van der Waals surface area contributed by atoms with Crippen molar-refractivity contribution in [3.8, 4) is 0 Å². The van der Waals surface area contributed by atoms with Gasteiger partial charge >= 0.3 is 0 Å². The van der Waals surface area contributed by atoms with Gasteiger partial charge in [-0.25, -0.2) is 0 Å². The minimum atomic E-state index is 1.13. The third kappa shape index (κ3) is 13.5. The maximum atomic E-state index is 2.50. The lowest BCUT2D eigenvalue weighted by Crippen LogP contribution is -2.26. The second-order valence-corrected chi connectivity index (χ2v) is 8.37. The van der Waals surface area contributed by atoms with Crippen LogP contribution in [0.4, 0.5) is 0 Å². The van der Waals surface area contributed by atoms with Gasteiger partial charge in [-0.3, -0.25) is 0 Å². The molecule has 0 saturated carbocycles. The molecule has 0 aliphatic carbocycles. The Balaban J connectivity index is 1.78. The standard InChI is InChI=1S/C24H48N2/c1-3-5-7-9-10-11-12-13-14-15-16-17-19-21-26-23-22-25(24-26)20-18-8-6-4-2/h22-23H,3-21,24H2,1-2H3. The van der Waals surface area contributed by atoms with E-state index in [9.17, 15) is 0 Å². The Morgan fingerprint density at radius 3 is 1.15 bits per heavy atom. The molecule has 0 fully saturated rings. The first-order chi connectivity index (χ1) is 12.9. The van der Waals surface area contributed by atoms with Crippen LogP contribution in [0.2, 0.25) is 0 Å². The molecule has 26 heavy (non-hydrogen) atoms. The van der Waals surface area contributed by atoms with Gasteiger partial charge in [0.1, 0.15) is 0 Å². The molecule has 1 aliphatic heterocycles. The van der Waals surface area contributed by atoms with Gasteiger partial charge in [-0.05, 0) is 12.8 Å². The molecule has 0 aromatic heterocycles. The molecule has 0 N–H and O–H groups in total. The molecule has 0 saturated heterocycles. The largest absolute Gasteiger partial charge is 0.359 e. The first kappa shape index (κ1) is 23.4. The van der Waals surface area contributed by atoms with Gasteiger partial charge in [0.05, 0.1) is 6.67 Å². The molecule has 0 atom stereocenters. The minimum Gasteiger partial charge on any atom is -0.359 e. The third-order valence-electron chi connectivity index (χ3n) is 5.70. The molecule has 154 valence electrons. The molecule has 0 unspecified atom stereocenters. The van der Waals surface area contributed by atoms with Crippen molar-refractivity contribution in [2.24, 2.45) is 0 Å². The van der Waals surface area contributed by atoms with Gasteiger partial charge < -0.3 is 9.80 Å². The second kappa shape index (κ2) is 17.7. The fourth-order valence-corrected chi connectivity index (χ4v) is 3.88. The summed E-state index contributed by atoms with van der Waals surface area (Å²) >= 11 is 0. The summed E-state index contributed by atoms with van der Waals surface area (Å²) < 4.78 is 0. The first-order valence-electron chi connectivity index (χ1n) is 12.0. The molecule has 0 amide bonds. The number of nitrogens with zero attached hydrogens (tertiary/aromatic N) is 2. The zero-order valence-electron chi connectivity index (χ0n) is 18.2. The van der Waals surface area contributed by atoms with Crippen LogP contribution in [-0.2, 0) is 0 Å². The van der Waals surface area contributed by atoms with Crippen molar-refractivity contribution >= 4 is 0 Å². The topological polar surface area (TPSA) is 6.48 Å². The average molecular weight is 365 g/mol. The average Bonchev–Trinajstić information content (AvgIpc) is 3.10. The number of hydrogen-bond acceptors (Lipinski definition) is 2. The van der Waals surface area contributed by atoms with Crippen molar-refractivity contribution in [1.29, 1.82) is 0 Å². The van der Waals surface area contributed by atoms with Crippen molar-refractivity contribution < 1.29 is 0 Å². The molecule has 1 aliphatic rings. The summed E-state index contributed by atoms with van der Waals surface area (Å²) in [5.41, 5.74) is 0. The van der Waals surface area contributed by atoms with Crippen molar-refractivity contribution in [1.82, 2.24) is 9.80 Å². The maximum absolute atomic E-state index is 2.50. The lowest BCUT2D eigenvalue weighted by atomic mass is 10.0. The summed E-state index contributed by atoms with van der Waals surface area (Å²) in [5.74, 6) is 0. The summed E-state index contributed by atoms with van der Waals surface area (Å²) in [6.45, 7) is 8.20. The fourth-order valence-electron chi connectivity index (χ4n) is 3.88. The predicted octanol–water partition coefficient (Wildman–Crippen LogP) is 7.70. The van der Waals surface area contributed by atoms with Crippen molar-refractivity contribution in [3.63, 3.8) is 0 Å². The van der Waals surface area contributed by atoms with Crippen LogP contribution in [-0.4, -0.2) is 29.6 Å². The second-order valence-electron chi connectivity index (χ2n) is 8.37. The molecule has 2 nitrogen and oxygen atoms in total. The molecule has 1 heterocycles. The van der Waals surface area contributed by atoms with E-state index in [2.05, 4.69) is 36.0 Å². The molecule has 1 rings (SSSR count). The summed E-state index contributed by atoms with van der Waals surface area (Å²) in [6.07, 6.45) is 28.8. The number of unbranched alkanes of at least 4 members (excludes halogenated alkanes) is 15. The van der Waals surface area contributed by atoms with E-state index < -0.39 is 0 Å². The summed E-state index contributed by atoms with van der Waals surface area (Å²) in [4.78, 5) is 4.98. The van der Waals surface area contributed by atoms with Crippen LogP contribution in [0.3, 0.4) is 0 Å². The zero-order chi connectivity index (χ0) is 18.7. The van der Waals surface area contributed by atoms with E-state index >= 15 is 0 Å². The van der Waals surface area contributed by atoms with Crippen LogP contribution in [0.1, 0.15) is 123 Å². The van der Waals surface area contributed by atoms with Crippen molar-refractivity contribution in [2.45, 2.75) is 123 Å². The van der Waals surface area contributed by atoms with Crippen LogP contribution in [0.25, 0.3) is 0 Å². The molecular weight excluding hydrogens is 316 g/mol. The van der Waals surface area contributed by atoms with E-state index in [4.69, 9.17) is 0 Å². The molecule has 2 heteroatoms. The van der Waals surface area contributed by atoms with E-state index in [0.717, 1.165) is 6.67 Å². The molecule has 0 spiro atoms. The van der Waals surface area contributed by atoms with Crippen LogP contribution in [0, 0.1) is 0 Å². The number of hydrogen-bond donors (Lipinski definition) is 0. The molecule has 0 aromatic carbocycles. The van der Waals surface area contributed by atoms with E-state index in [-0.39, 0.29) is 0 Å². The molecule has 0 bridgehead atoms. The van der Waals surface area contributed by atoms with Gasteiger partial charge in [0.2, 0.25) is 0 Å². The van der Waals surface area contributed by atoms with Crippen molar-refractivity contribution in [2.75, 3.05) is 19.8 Å². The Morgan fingerprint density at radius 1 is 0.462 bits per heavy atom. The van der Waals surface area contributed by atoms with E-state index in [1.165, 1.54) is 122 Å². The zero-order valence-corrected chi connectivity index (χ0v) is 18.2. The summed E-state index contributed by atoms with van der Waals surface area (Å²) in [7, 11) is 0. The smallest absolute Gasteiger partial charge is 0.0893 e. The van der Waals surface area contributed by atoms with Crippen LogP contribution < -0.4 is 0 Å². The van der Waals surface area contributed by atoms with Gasteiger partial charge in [-0.2, -0.15) is 0 Å². The van der Waals surface area contributed by atoms with E-state index in [1.807, 2.05) is 0 Å². The highest BCUT2D eigenvalue weighted by Crippen LogP contribution is 2.14. The Morgan fingerprint density at radius 2 is 0.769 bits per heavy atom. The third-order valence-corrected chi connectivity index (χ3v) is 5.70. The number of rotatable bonds is 19. The van der Waals surface area contributed by atoms with E-state index in [1.54, 1.807) is 0 Å². The molecule has 0 radical (unpaired) electrons. The lowest BCUT2D eigenvalue weighted by molar-refractivity contribution is 0.257. The monoisotopic (exact) mass is 364 g/mol. The maximum Gasteiger partial charge on any atom is 0.0893 e. The summed E-state index contributed by atoms with van der Waals surface area (Å²) in [5, 5.41) is 0. The quantitative estimate of drug-likeness (QED) is 0.217. The Kier molecular flexibility index (Phi) is 16.0. The summed E-state index contributed by atoms with van der Waals surface area (Å²) in [6, 6.07) is 0. The van der Waals surface area contributed by atoms with Crippen LogP contribution in [0.15, 0.2) is 12.4 Å². The predicted molar refractivity (Wildman–Crippen MR) is 117 cm³/mol. The van der Waals surface area contributed by atoms with E-state index in [0.29, 0.717) is 0 Å². The normalized spacial score (nSPS) is 13.9. The Hall–Kier alpha value is -0.660. The fraction of sp³-hybridized carbons (Fsp3) is 0.917. The lowest BCUT2D eigenvalue weighted by Gasteiger charge is -2.21. The van der Waals surface area contributed by atoms with Crippen LogP contribution in [0.5, 0.6) is 0 Å². The van der Waals surface area contributed by atoms with Crippen LogP contribution >= 0.6 is 0 Å². The highest BCUT2D eigenvalue weighted by molar-refractivity contribution is 4.90. The van der Waals surface area contributed by atoms with Gasteiger partial charge in [0.25, 0.3) is 0 Å². The Bertz CT molecular complexity index is 313. The van der Waals surface area contributed by atoms with Crippen molar-refractivity contribution in [3.05, 3.63) is 12.4 Å². The molecular formula is C24H48N2. The highest BCUT2D eigenvalue weighted by atomic mass is 15.3. The van der Waals surface area contributed by atoms with Gasteiger partial charge in [-0.15, -0.1) is 0 Å². The molecule has 0 aromatic rings. The van der Waals surface area contributed by atoms with Gasteiger partial charge in [0, 0.05) is 25.5 Å². The highest BCUT2D eigenvalue weighted by Gasteiger charge is 2.10. The van der Waals surface area contributed by atoms with Gasteiger partial charge in [-0.1, -0.05) is 110 Å². The first-order valence-corrected chi connectivity index (χ1v) is 12.0. The Labute approximate surface area is 165 Å². The van der Waals surface area contributed by atoms with Gasteiger partial charge in [0.15, 0.2) is 0 Å². The SMILES string of the molecule is CCCCCCCCCCCCCCCN1C=CN(CCCCCC)C1. The minimum absolute atomic E-state index is 1.13.